The first kappa shape index (κ1) is 9.16. The van der Waals surface area contributed by atoms with Crippen LogP contribution in [0.4, 0.5) is 0 Å². The van der Waals surface area contributed by atoms with Crippen molar-refractivity contribution in [2.24, 2.45) is 11.3 Å². The first-order valence-electron chi connectivity index (χ1n) is 5.01. The highest BCUT2D eigenvalue weighted by Gasteiger charge is 2.47. The fraction of sp³-hybridized carbons (Fsp3) is 0.900. The van der Waals surface area contributed by atoms with E-state index in [4.69, 9.17) is 4.74 Å². The molecule has 1 saturated carbocycles. The molecule has 2 fully saturated rings. The highest BCUT2D eigenvalue weighted by Crippen LogP contribution is 2.46. The van der Waals surface area contributed by atoms with E-state index >= 15 is 0 Å². The van der Waals surface area contributed by atoms with Crippen molar-refractivity contribution < 1.29 is 14.6 Å². The fourth-order valence-corrected chi connectivity index (χ4v) is 2.48. The van der Waals surface area contributed by atoms with E-state index in [2.05, 4.69) is 0 Å². The molecule has 0 bridgehead atoms. The second kappa shape index (κ2) is 3.39. The number of ether oxygens (including phenoxy) is 1. The second-order valence-electron chi connectivity index (χ2n) is 4.21. The normalized spacial score (nSPS) is 37.9. The third-order valence-corrected chi connectivity index (χ3v) is 3.63. The Morgan fingerprint density at radius 3 is 2.38 bits per heavy atom. The van der Waals surface area contributed by atoms with Gasteiger partial charge in [0.1, 0.15) is 6.29 Å². The molecule has 0 spiro atoms. The Bertz CT molecular complexity index is 196. The summed E-state index contributed by atoms with van der Waals surface area (Å²) in [5.41, 5.74) is -0.268. The van der Waals surface area contributed by atoms with Gasteiger partial charge in [-0.1, -0.05) is 0 Å². The van der Waals surface area contributed by atoms with Gasteiger partial charge in [-0.05, 0) is 31.6 Å². The molecule has 3 heteroatoms. The topological polar surface area (TPSA) is 46.5 Å². The van der Waals surface area contributed by atoms with Crippen LogP contribution >= 0.6 is 0 Å². The van der Waals surface area contributed by atoms with E-state index in [1.807, 2.05) is 0 Å². The third kappa shape index (κ3) is 1.40. The molecule has 1 aliphatic heterocycles. The Balaban J connectivity index is 2.08. The molecular formula is C10H16O3. The average molecular weight is 184 g/mol. The van der Waals surface area contributed by atoms with E-state index in [0.29, 0.717) is 13.2 Å². The quantitative estimate of drug-likeness (QED) is 0.644. The molecule has 2 unspecified atom stereocenters. The maximum absolute atomic E-state index is 11.1. The summed E-state index contributed by atoms with van der Waals surface area (Å²) >= 11 is 0. The van der Waals surface area contributed by atoms with Crippen LogP contribution < -0.4 is 0 Å². The summed E-state index contributed by atoms with van der Waals surface area (Å²) in [6.45, 7) is 1.34. The predicted octanol–water partition coefficient (Wildman–Crippen LogP) is 0.753. The molecule has 2 atom stereocenters. The number of rotatable bonds is 2. The van der Waals surface area contributed by atoms with Crippen LogP contribution in [-0.2, 0) is 9.53 Å². The van der Waals surface area contributed by atoms with Crippen molar-refractivity contribution in [3.8, 4) is 0 Å². The maximum Gasteiger partial charge on any atom is 0.126 e. The molecule has 1 heterocycles. The van der Waals surface area contributed by atoms with Crippen LogP contribution in [-0.4, -0.2) is 30.7 Å². The minimum Gasteiger partial charge on any atom is -0.393 e. The Morgan fingerprint density at radius 1 is 1.31 bits per heavy atom. The van der Waals surface area contributed by atoms with Crippen LogP contribution in [0.2, 0.25) is 0 Å². The van der Waals surface area contributed by atoms with Gasteiger partial charge in [0, 0.05) is 18.6 Å². The van der Waals surface area contributed by atoms with Crippen LogP contribution in [0.15, 0.2) is 0 Å². The van der Waals surface area contributed by atoms with Crippen molar-refractivity contribution in [1.82, 2.24) is 0 Å². The van der Waals surface area contributed by atoms with Crippen LogP contribution in [0.25, 0.3) is 0 Å². The van der Waals surface area contributed by atoms with Gasteiger partial charge in [0.05, 0.1) is 6.10 Å². The molecule has 2 aliphatic rings. The lowest BCUT2D eigenvalue weighted by molar-refractivity contribution is -0.140. The van der Waals surface area contributed by atoms with Gasteiger partial charge in [-0.3, -0.25) is 0 Å². The summed E-state index contributed by atoms with van der Waals surface area (Å²) in [4.78, 5) is 11.1. The van der Waals surface area contributed by atoms with Crippen LogP contribution in [0.1, 0.15) is 25.7 Å². The summed E-state index contributed by atoms with van der Waals surface area (Å²) in [7, 11) is 0. The first-order chi connectivity index (χ1) is 6.28. The van der Waals surface area contributed by atoms with Crippen molar-refractivity contribution >= 4 is 6.29 Å². The minimum absolute atomic E-state index is 0.203. The highest BCUT2D eigenvalue weighted by molar-refractivity contribution is 5.60. The number of aliphatic hydroxyl groups is 1. The van der Waals surface area contributed by atoms with Gasteiger partial charge in [-0.15, -0.1) is 0 Å². The minimum atomic E-state index is -0.268. The molecule has 1 N–H and O–H groups in total. The molecule has 1 aliphatic carbocycles. The van der Waals surface area contributed by atoms with Gasteiger partial charge >= 0.3 is 0 Å². The van der Waals surface area contributed by atoms with Gasteiger partial charge in [0.25, 0.3) is 0 Å². The summed E-state index contributed by atoms with van der Waals surface area (Å²) in [6, 6.07) is 0. The lowest BCUT2D eigenvalue weighted by Gasteiger charge is -2.46. The summed E-state index contributed by atoms with van der Waals surface area (Å²) in [5, 5.41) is 9.56. The Kier molecular flexibility index (Phi) is 2.39. The van der Waals surface area contributed by atoms with Crippen LogP contribution in [0.5, 0.6) is 0 Å². The zero-order chi connectivity index (χ0) is 9.31. The average Bonchev–Trinajstić information content (AvgIpc) is 2.17. The summed E-state index contributed by atoms with van der Waals surface area (Å²) in [5.74, 6) is 0.203. The lowest BCUT2D eigenvalue weighted by Crippen LogP contribution is -2.48. The molecule has 1 saturated heterocycles. The number of hydrogen-bond acceptors (Lipinski definition) is 3. The van der Waals surface area contributed by atoms with E-state index in [0.717, 1.165) is 32.0 Å². The zero-order valence-electron chi connectivity index (χ0n) is 7.74. The molecular weight excluding hydrogens is 168 g/mol. The lowest BCUT2D eigenvalue weighted by atomic mass is 9.61. The SMILES string of the molecule is O=CC1(C2CCC2O)CCOCC1. The van der Waals surface area contributed by atoms with Crippen molar-refractivity contribution in [1.29, 1.82) is 0 Å². The van der Waals surface area contributed by atoms with Gasteiger partial charge in [0.2, 0.25) is 0 Å². The Morgan fingerprint density at radius 2 is 2.00 bits per heavy atom. The molecule has 13 heavy (non-hydrogen) atoms. The summed E-state index contributed by atoms with van der Waals surface area (Å²) < 4.78 is 5.24. The molecule has 0 aromatic heterocycles. The fourth-order valence-electron chi connectivity index (χ4n) is 2.48. The van der Waals surface area contributed by atoms with Crippen LogP contribution in [0.3, 0.4) is 0 Å². The predicted molar refractivity (Wildman–Crippen MR) is 47.3 cm³/mol. The molecule has 0 aromatic carbocycles. The number of hydrogen-bond donors (Lipinski definition) is 1. The first-order valence-corrected chi connectivity index (χ1v) is 5.01. The van der Waals surface area contributed by atoms with E-state index < -0.39 is 0 Å². The van der Waals surface area contributed by atoms with Gasteiger partial charge < -0.3 is 14.6 Å². The number of aldehydes is 1. The maximum atomic E-state index is 11.1. The molecule has 0 aromatic rings. The van der Waals surface area contributed by atoms with Crippen LogP contribution in [0, 0.1) is 11.3 Å². The number of aliphatic hydroxyl groups excluding tert-OH is 1. The van der Waals surface area contributed by atoms with E-state index in [1.54, 1.807) is 0 Å². The van der Waals surface area contributed by atoms with Crippen molar-refractivity contribution in [3.05, 3.63) is 0 Å². The third-order valence-electron chi connectivity index (χ3n) is 3.63. The van der Waals surface area contributed by atoms with Crippen molar-refractivity contribution in [2.45, 2.75) is 31.8 Å². The monoisotopic (exact) mass is 184 g/mol. The molecule has 2 rings (SSSR count). The molecule has 74 valence electrons. The number of carbonyl (C=O) groups excluding carboxylic acids is 1. The zero-order valence-corrected chi connectivity index (χ0v) is 7.74. The largest absolute Gasteiger partial charge is 0.393 e. The van der Waals surface area contributed by atoms with Crippen molar-refractivity contribution in [2.75, 3.05) is 13.2 Å². The van der Waals surface area contributed by atoms with Gasteiger partial charge in [0.15, 0.2) is 0 Å². The second-order valence-corrected chi connectivity index (χ2v) is 4.21. The van der Waals surface area contributed by atoms with Gasteiger partial charge in [-0.2, -0.15) is 0 Å². The highest BCUT2D eigenvalue weighted by atomic mass is 16.5. The molecule has 3 nitrogen and oxygen atoms in total. The Labute approximate surface area is 78.1 Å². The van der Waals surface area contributed by atoms with Gasteiger partial charge in [-0.25, -0.2) is 0 Å². The Hall–Kier alpha value is -0.410. The van der Waals surface area contributed by atoms with E-state index in [1.165, 1.54) is 0 Å². The van der Waals surface area contributed by atoms with E-state index in [-0.39, 0.29) is 17.4 Å². The van der Waals surface area contributed by atoms with E-state index in [9.17, 15) is 9.90 Å². The smallest absolute Gasteiger partial charge is 0.126 e. The standard InChI is InChI=1S/C10H16O3/c11-7-10(3-5-13-6-4-10)8-1-2-9(8)12/h7-9,12H,1-6H2. The summed E-state index contributed by atoms with van der Waals surface area (Å²) in [6.07, 6.45) is 4.25. The number of carbonyl (C=O) groups is 1. The molecule has 0 amide bonds. The molecule has 0 radical (unpaired) electrons. The van der Waals surface area contributed by atoms with Crippen molar-refractivity contribution in [3.63, 3.8) is 0 Å².